The monoisotopic (exact) mass is 234 g/mol. The summed E-state index contributed by atoms with van der Waals surface area (Å²) in [6, 6.07) is 0. The Labute approximate surface area is 95.6 Å². The molecule has 0 unspecified atom stereocenters. The van der Waals surface area contributed by atoms with Gasteiger partial charge < -0.3 is 5.11 Å². The summed E-state index contributed by atoms with van der Waals surface area (Å²) in [5, 5.41) is 27.1. The molecule has 0 amide bonds. The molecule has 1 saturated carbocycles. The molecule has 1 aliphatic rings. The summed E-state index contributed by atoms with van der Waals surface area (Å²) in [6.07, 6.45) is 5.18. The highest BCUT2D eigenvalue weighted by Crippen LogP contribution is 2.40. The lowest BCUT2D eigenvalue weighted by Crippen LogP contribution is -2.48. The zero-order valence-electron chi connectivity index (χ0n) is 8.87. The molecule has 0 saturated heterocycles. The van der Waals surface area contributed by atoms with Gasteiger partial charge in [0, 0.05) is 6.20 Å². The van der Waals surface area contributed by atoms with Crippen LogP contribution in [0.4, 0.5) is 0 Å². The predicted octanol–water partition coefficient (Wildman–Crippen LogP) is 0.0270. The summed E-state index contributed by atoms with van der Waals surface area (Å²) in [4.78, 5) is 11.4. The standard InChI is InChI=1S/C9H10N6O2/c16-8(17)9(2-1-3-9)15-7(12-13-14-15)6-4-10-11-5-6/h4-5H,1-3H2,(H,10,11)(H,16,17). The second kappa shape index (κ2) is 3.37. The Morgan fingerprint density at radius 1 is 1.53 bits per heavy atom. The second-order valence-electron chi connectivity index (χ2n) is 4.09. The number of carboxylic acids is 1. The molecule has 3 rings (SSSR count). The average molecular weight is 234 g/mol. The van der Waals surface area contributed by atoms with Gasteiger partial charge in [-0.3, -0.25) is 5.10 Å². The number of nitrogens with zero attached hydrogens (tertiary/aromatic N) is 5. The van der Waals surface area contributed by atoms with E-state index in [1.54, 1.807) is 12.4 Å². The highest BCUT2D eigenvalue weighted by Gasteiger charge is 2.49. The fraction of sp³-hybridized carbons (Fsp3) is 0.444. The number of nitrogens with one attached hydrogen (secondary N) is 1. The molecule has 8 heteroatoms. The van der Waals surface area contributed by atoms with Gasteiger partial charge in [-0.2, -0.15) is 5.10 Å². The van der Waals surface area contributed by atoms with Crippen LogP contribution in [-0.4, -0.2) is 41.5 Å². The van der Waals surface area contributed by atoms with E-state index in [0.717, 1.165) is 6.42 Å². The maximum atomic E-state index is 11.4. The number of tetrazole rings is 1. The molecule has 2 aromatic rings. The van der Waals surface area contributed by atoms with Crippen molar-refractivity contribution in [2.24, 2.45) is 0 Å². The van der Waals surface area contributed by atoms with Crippen molar-refractivity contribution in [3.8, 4) is 11.4 Å². The fourth-order valence-corrected chi connectivity index (χ4v) is 2.06. The molecular weight excluding hydrogens is 224 g/mol. The number of hydrogen-bond donors (Lipinski definition) is 2. The van der Waals surface area contributed by atoms with Crippen LogP contribution in [0.1, 0.15) is 19.3 Å². The number of H-pyrrole nitrogens is 1. The number of aliphatic carboxylic acids is 1. The first-order valence-corrected chi connectivity index (χ1v) is 5.25. The first-order valence-electron chi connectivity index (χ1n) is 5.25. The van der Waals surface area contributed by atoms with Crippen LogP contribution in [-0.2, 0) is 10.3 Å². The van der Waals surface area contributed by atoms with Crippen molar-refractivity contribution in [1.29, 1.82) is 0 Å². The zero-order valence-corrected chi connectivity index (χ0v) is 8.87. The minimum atomic E-state index is -0.990. The molecule has 0 bridgehead atoms. The van der Waals surface area contributed by atoms with Gasteiger partial charge >= 0.3 is 5.97 Å². The summed E-state index contributed by atoms with van der Waals surface area (Å²) in [6.45, 7) is 0. The minimum Gasteiger partial charge on any atom is -0.479 e. The summed E-state index contributed by atoms with van der Waals surface area (Å²) in [7, 11) is 0. The van der Waals surface area contributed by atoms with Crippen LogP contribution in [0.25, 0.3) is 11.4 Å². The number of hydrogen-bond acceptors (Lipinski definition) is 5. The lowest BCUT2D eigenvalue weighted by atomic mass is 9.77. The molecule has 8 nitrogen and oxygen atoms in total. The molecule has 88 valence electrons. The van der Waals surface area contributed by atoms with Gasteiger partial charge in [0.1, 0.15) is 0 Å². The second-order valence-corrected chi connectivity index (χ2v) is 4.09. The average Bonchev–Trinajstić information content (AvgIpc) is 2.82. The third-order valence-electron chi connectivity index (χ3n) is 3.21. The van der Waals surface area contributed by atoms with E-state index < -0.39 is 11.5 Å². The number of aromatic nitrogens is 6. The first kappa shape index (κ1) is 9.94. The van der Waals surface area contributed by atoms with Crippen molar-refractivity contribution in [3.63, 3.8) is 0 Å². The number of carboxylic acid groups (broad SMARTS) is 1. The Bertz CT molecular complexity index is 542. The van der Waals surface area contributed by atoms with Crippen LogP contribution in [0.15, 0.2) is 12.4 Å². The van der Waals surface area contributed by atoms with Crippen LogP contribution in [0.5, 0.6) is 0 Å². The van der Waals surface area contributed by atoms with Crippen molar-refractivity contribution in [2.75, 3.05) is 0 Å². The quantitative estimate of drug-likeness (QED) is 0.775. The van der Waals surface area contributed by atoms with E-state index in [9.17, 15) is 9.90 Å². The van der Waals surface area contributed by atoms with Crippen LogP contribution in [0, 0.1) is 0 Å². The van der Waals surface area contributed by atoms with Crippen LogP contribution in [0.3, 0.4) is 0 Å². The summed E-state index contributed by atoms with van der Waals surface area (Å²) >= 11 is 0. The third-order valence-corrected chi connectivity index (χ3v) is 3.21. The van der Waals surface area contributed by atoms with E-state index in [1.807, 2.05) is 0 Å². The molecule has 17 heavy (non-hydrogen) atoms. The fourth-order valence-electron chi connectivity index (χ4n) is 2.06. The molecule has 1 fully saturated rings. The van der Waals surface area contributed by atoms with Gasteiger partial charge in [0.15, 0.2) is 11.4 Å². The number of aromatic amines is 1. The molecule has 2 aromatic heterocycles. The smallest absolute Gasteiger partial charge is 0.331 e. The topological polar surface area (TPSA) is 110 Å². The molecule has 0 aliphatic heterocycles. The van der Waals surface area contributed by atoms with Gasteiger partial charge in [-0.15, -0.1) is 5.10 Å². The SMILES string of the molecule is O=C(O)C1(n2nnnc2-c2cn[nH]c2)CCC1. The molecule has 1 aliphatic carbocycles. The zero-order chi connectivity index (χ0) is 11.9. The Morgan fingerprint density at radius 3 is 2.88 bits per heavy atom. The molecular formula is C9H10N6O2. The predicted molar refractivity (Wildman–Crippen MR) is 54.9 cm³/mol. The summed E-state index contributed by atoms with van der Waals surface area (Å²) < 4.78 is 1.39. The van der Waals surface area contributed by atoms with Gasteiger partial charge in [0.05, 0.1) is 11.8 Å². The number of rotatable bonds is 3. The minimum absolute atomic E-state index is 0.431. The van der Waals surface area contributed by atoms with E-state index in [4.69, 9.17) is 0 Å². The Morgan fingerprint density at radius 2 is 2.35 bits per heavy atom. The van der Waals surface area contributed by atoms with E-state index in [-0.39, 0.29) is 0 Å². The first-order chi connectivity index (χ1) is 8.24. The van der Waals surface area contributed by atoms with E-state index in [2.05, 4.69) is 25.7 Å². The normalized spacial score (nSPS) is 17.6. The van der Waals surface area contributed by atoms with Crippen molar-refractivity contribution in [2.45, 2.75) is 24.8 Å². The third kappa shape index (κ3) is 1.26. The van der Waals surface area contributed by atoms with E-state index >= 15 is 0 Å². The van der Waals surface area contributed by atoms with Gasteiger partial charge in [-0.25, -0.2) is 9.48 Å². The van der Waals surface area contributed by atoms with Crippen molar-refractivity contribution in [1.82, 2.24) is 30.4 Å². The Kier molecular flexibility index (Phi) is 1.97. The van der Waals surface area contributed by atoms with Crippen molar-refractivity contribution >= 4 is 5.97 Å². The lowest BCUT2D eigenvalue weighted by Gasteiger charge is -2.37. The van der Waals surface area contributed by atoms with Gasteiger partial charge in [-0.05, 0) is 29.7 Å². The molecule has 2 N–H and O–H groups in total. The lowest BCUT2D eigenvalue weighted by molar-refractivity contribution is -0.153. The van der Waals surface area contributed by atoms with Crippen LogP contribution >= 0.6 is 0 Å². The maximum Gasteiger partial charge on any atom is 0.331 e. The highest BCUT2D eigenvalue weighted by atomic mass is 16.4. The molecule has 0 radical (unpaired) electrons. The Hall–Kier alpha value is -2.25. The van der Waals surface area contributed by atoms with E-state index in [0.29, 0.717) is 24.2 Å². The Balaban J connectivity index is 2.10. The summed E-state index contributed by atoms with van der Waals surface area (Å²) in [5.41, 5.74) is -0.307. The largest absolute Gasteiger partial charge is 0.479 e. The summed E-state index contributed by atoms with van der Waals surface area (Å²) in [5.74, 6) is -0.457. The van der Waals surface area contributed by atoms with Crippen LogP contribution in [0.2, 0.25) is 0 Å². The molecule has 0 atom stereocenters. The van der Waals surface area contributed by atoms with E-state index in [1.165, 1.54) is 4.68 Å². The van der Waals surface area contributed by atoms with Gasteiger partial charge in [-0.1, -0.05) is 0 Å². The van der Waals surface area contributed by atoms with Crippen LogP contribution < -0.4 is 0 Å². The maximum absolute atomic E-state index is 11.4. The number of carbonyl (C=O) groups is 1. The molecule has 2 heterocycles. The van der Waals surface area contributed by atoms with Crippen molar-refractivity contribution in [3.05, 3.63) is 12.4 Å². The van der Waals surface area contributed by atoms with Gasteiger partial charge in [0.2, 0.25) is 0 Å². The van der Waals surface area contributed by atoms with Crippen molar-refractivity contribution < 1.29 is 9.90 Å². The molecule has 0 spiro atoms. The molecule has 0 aromatic carbocycles. The van der Waals surface area contributed by atoms with Gasteiger partial charge in [0.25, 0.3) is 0 Å². The highest BCUT2D eigenvalue weighted by molar-refractivity contribution is 5.78.